The van der Waals surface area contributed by atoms with Gasteiger partial charge in [0.15, 0.2) is 5.03 Å². The summed E-state index contributed by atoms with van der Waals surface area (Å²) < 4.78 is 0. The van der Waals surface area contributed by atoms with Gasteiger partial charge in [0.2, 0.25) is 5.82 Å². The second kappa shape index (κ2) is 4.55. The van der Waals surface area contributed by atoms with Crippen LogP contribution in [-0.4, -0.2) is 20.9 Å². The summed E-state index contributed by atoms with van der Waals surface area (Å²) >= 11 is 0.679. The van der Waals surface area contributed by atoms with Crippen molar-refractivity contribution in [2.75, 3.05) is 5.32 Å². The van der Waals surface area contributed by atoms with E-state index in [0.29, 0.717) is 17.6 Å². The van der Waals surface area contributed by atoms with Crippen LogP contribution in [0.4, 0.5) is 11.5 Å². The quantitative estimate of drug-likeness (QED) is 0.286. The lowest BCUT2D eigenvalue weighted by Gasteiger charge is -2.07. The van der Waals surface area contributed by atoms with E-state index in [2.05, 4.69) is 15.3 Å². The highest BCUT2D eigenvalue weighted by molar-refractivity contribution is 8.03. The average molecular weight is 251 g/mol. The van der Waals surface area contributed by atoms with Crippen LogP contribution in [0.25, 0.3) is 0 Å². The van der Waals surface area contributed by atoms with Gasteiger partial charge < -0.3 is 5.32 Å². The number of thiocyanates is 1. The van der Waals surface area contributed by atoms with Crippen LogP contribution in [0.3, 0.4) is 0 Å². The Morgan fingerprint density at radius 1 is 1.59 bits per heavy atom. The summed E-state index contributed by atoms with van der Waals surface area (Å²) in [5.41, 5.74) is -0.214. The number of hydrogen-bond acceptors (Lipinski definition) is 7. The standard InChI is InChI=1S/C9H9N5O2S/c1-5-11-8(13-6-2-3-6)7(14(15)16)9(12-5)17-4-10/h6H,2-3H2,1H3,(H,11,12,13). The molecule has 0 atom stereocenters. The van der Waals surface area contributed by atoms with Crippen molar-refractivity contribution in [3.63, 3.8) is 0 Å². The first-order valence-corrected chi connectivity index (χ1v) is 5.79. The summed E-state index contributed by atoms with van der Waals surface area (Å²) in [6.07, 6.45) is 1.97. The van der Waals surface area contributed by atoms with E-state index in [1.54, 1.807) is 12.3 Å². The number of nitriles is 1. The molecule has 8 heteroatoms. The molecule has 1 aromatic rings. The Morgan fingerprint density at radius 2 is 2.29 bits per heavy atom. The van der Waals surface area contributed by atoms with Crippen molar-refractivity contribution >= 4 is 23.3 Å². The third-order valence-corrected chi connectivity index (χ3v) is 2.78. The molecule has 1 saturated carbocycles. The maximum atomic E-state index is 11.0. The van der Waals surface area contributed by atoms with Gasteiger partial charge in [-0.25, -0.2) is 9.97 Å². The number of nitrogens with one attached hydrogen (secondary N) is 1. The Hall–Kier alpha value is -1.88. The van der Waals surface area contributed by atoms with Crippen LogP contribution >= 0.6 is 11.8 Å². The fourth-order valence-electron chi connectivity index (χ4n) is 1.34. The van der Waals surface area contributed by atoms with Crippen molar-refractivity contribution in [3.05, 3.63) is 15.9 Å². The Morgan fingerprint density at radius 3 is 2.82 bits per heavy atom. The third-order valence-electron chi connectivity index (χ3n) is 2.21. The zero-order valence-electron chi connectivity index (χ0n) is 9.01. The minimum atomic E-state index is -0.552. The summed E-state index contributed by atoms with van der Waals surface area (Å²) in [5, 5.41) is 24.5. The molecule has 2 rings (SSSR count). The summed E-state index contributed by atoms with van der Waals surface area (Å²) in [4.78, 5) is 18.4. The first kappa shape index (κ1) is 11.6. The number of anilines is 1. The molecule has 1 N–H and O–H groups in total. The predicted octanol–water partition coefficient (Wildman–Crippen LogP) is 1.84. The first-order chi connectivity index (χ1) is 8.11. The molecule has 0 aromatic carbocycles. The molecule has 0 radical (unpaired) electrons. The molecular weight excluding hydrogens is 242 g/mol. The second-order valence-electron chi connectivity index (χ2n) is 3.64. The Labute approximate surface area is 101 Å². The fourth-order valence-corrected chi connectivity index (χ4v) is 1.87. The van der Waals surface area contributed by atoms with E-state index in [9.17, 15) is 10.1 Å². The van der Waals surface area contributed by atoms with Gasteiger partial charge in [-0.1, -0.05) is 0 Å². The summed E-state index contributed by atoms with van der Waals surface area (Å²) in [7, 11) is 0. The normalized spacial score (nSPS) is 14.1. The molecule has 1 aliphatic rings. The average Bonchev–Trinajstić information content (AvgIpc) is 3.00. The van der Waals surface area contributed by atoms with Crippen molar-refractivity contribution in [2.45, 2.75) is 30.8 Å². The lowest BCUT2D eigenvalue weighted by atomic mass is 10.4. The molecule has 0 unspecified atom stereocenters. The maximum Gasteiger partial charge on any atom is 0.344 e. The third kappa shape index (κ3) is 2.62. The lowest BCUT2D eigenvalue weighted by molar-refractivity contribution is -0.387. The molecular formula is C9H9N5O2S. The maximum absolute atomic E-state index is 11.0. The van der Waals surface area contributed by atoms with Crippen molar-refractivity contribution in [1.29, 1.82) is 5.26 Å². The van der Waals surface area contributed by atoms with Gasteiger partial charge in [-0.05, 0) is 19.8 Å². The second-order valence-corrected chi connectivity index (χ2v) is 4.42. The molecule has 1 fully saturated rings. The minimum absolute atomic E-state index is 0.0909. The highest BCUT2D eigenvalue weighted by Gasteiger charge is 2.29. The van der Waals surface area contributed by atoms with Crippen LogP contribution < -0.4 is 5.32 Å². The van der Waals surface area contributed by atoms with Gasteiger partial charge in [0, 0.05) is 17.8 Å². The first-order valence-electron chi connectivity index (χ1n) is 4.97. The zero-order valence-corrected chi connectivity index (χ0v) is 9.82. The smallest absolute Gasteiger partial charge is 0.344 e. The van der Waals surface area contributed by atoms with Crippen molar-refractivity contribution in [2.24, 2.45) is 0 Å². The van der Waals surface area contributed by atoms with Gasteiger partial charge in [0.05, 0.1) is 4.92 Å². The molecule has 88 valence electrons. The molecule has 0 saturated heterocycles. The van der Waals surface area contributed by atoms with E-state index < -0.39 is 4.92 Å². The molecule has 0 spiro atoms. The SMILES string of the molecule is Cc1nc(NC2CC2)c([N+](=O)[O-])c(SC#N)n1. The predicted molar refractivity (Wildman–Crippen MR) is 61.5 cm³/mol. The van der Waals surface area contributed by atoms with Crippen LogP contribution in [0.1, 0.15) is 18.7 Å². The van der Waals surface area contributed by atoms with E-state index in [0.717, 1.165) is 12.8 Å². The number of nitrogens with zero attached hydrogens (tertiary/aromatic N) is 4. The molecule has 0 amide bonds. The van der Waals surface area contributed by atoms with Gasteiger partial charge in [0.1, 0.15) is 11.2 Å². The Bertz CT molecular complexity index is 509. The van der Waals surface area contributed by atoms with Gasteiger partial charge in [0.25, 0.3) is 0 Å². The number of thioether (sulfide) groups is 1. The topological polar surface area (TPSA) is 105 Å². The summed E-state index contributed by atoms with van der Waals surface area (Å²) in [6.45, 7) is 1.64. The summed E-state index contributed by atoms with van der Waals surface area (Å²) in [5.74, 6) is 0.624. The van der Waals surface area contributed by atoms with Crippen LogP contribution in [0.15, 0.2) is 5.03 Å². The van der Waals surface area contributed by atoms with Crippen molar-refractivity contribution < 1.29 is 4.92 Å². The highest BCUT2D eigenvalue weighted by atomic mass is 32.2. The Balaban J connectivity index is 2.46. The van der Waals surface area contributed by atoms with Crippen LogP contribution in [0.5, 0.6) is 0 Å². The van der Waals surface area contributed by atoms with E-state index in [-0.39, 0.29) is 22.6 Å². The van der Waals surface area contributed by atoms with Gasteiger partial charge in [-0.2, -0.15) is 5.26 Å². The van der Waals surface area contributed by atoms with E-state index in [1.807, 2.05) is 0 Å². The highest BCUT2D eigenvalue weighted by Crippen LogP contribution is 2.35. The van der Waals surface area contributed by atoms with Gasteiger partial charge >= 0.3 is 5.69 Å². The van der Waals surface area contributed by atoms with Gasteiger partial charge in [-0.15, -0.1) is 0 Å². The fraction of sp³-hybridized carbons (Fsp3) is 0.444. The van der Waals surface area contributed by atoms with E-state index in [4.69, 9.17) is 5.26 Å². The number of hydrogen-bond donors (Lipinski definition) is 1. The number of aromatic nitrogens is 2. The zero-order chi connectivity index (χ0) is 12.4. The number of nitro groups is 1. The van der Waals surface area contributed by atoms with Crippen LogP contribution in [0.2, 0.25) is 0 Å². The van der Waals surface area contributed by atoms with Gasteiger partial charge in [-0.3, -0.25) is 10.1 Å². The van der Waals surface area contributed by atoms with E-state index >= 15 is 0 Å². The molecule has 1 aromatic heterocycles. The van der Waals surface area contributed by atoms with Crippen LogP contribution in [-0.2, 0) is 0 Å². The largest absolute Gasteiger partial charge is 0.361 e. The molecule has 1 heterocycles. The Kier molecular flexibility index (Phi) is 3.10. The van der Waals surface area contributed by atoms with Crippen molar-refractivity contribution in [1.82, 2.24) is 9.97 Å². The monoisotopic (exact) mass is 251 g/mol. The summed E-state index contributed by atoms with van der Waals surface area (Å²) in [6, 6.07) is 0.253. The molecule has 0 aliphatic heterocycles. The molecule has 0 bridgehead atoms. The van der Waals surface area contributed by atoms with Crippen molar-refractivity contribution in [3.8, 4) is 5.40 Å². The van der Waals surface area contributed by atoms with E-state index in [1.165, 1.54) is 0 Å². The van der Waals surface area contributed by atoms with Crippen LogP contribution in [0, 0.1) is 27.7 Å². The molecule has 1 aliphatic carbocycles. The number of rotatable bonds is 4. The number of aryl methyl sites for hydroxylation is 1. The minimum Gasteiger partial charge on any atom is -0.361 e. The lowest BCUT2D eigenvalue weighted by Crippen LogP contribution is -2.09. The molecule has 7 nitrogen and oxygen atoms in total. The molecule has 17 heavy (non-hydrogen) atoms.